The number of aromatic hydroxyl groups is 1. The van der Waals surface area contributed by atoms with Gasteiger partial charge in [0.2, 0.25) is 5.91 Å². The first-order chi connectivity index (χ1) is 8.13. The first kappa shape index (κ1) is 13.8. The van der Waals surface area contributed by atoms with Crippen LogP contribution in [0.4, 0.5) is 0 Å². The molecule has 0 heterocycles. The number of para-hydroxylation sites is 1. The molecule has 0 aromatic heterocycles. The molecule has 17 heavy (non-hydrogen) atoms. The van der Waals surface area contributed by atoms with Gasteiger partial charge in [0.25, 0.3) is 0 Å². The average Bonchev–Trinajstić information content (AvgIpc) is 2.32. The standard InChI is InChI=1S/C13H18ClNO2/c1-2-11(14)7-8-15-13(17)9-10-5-3-4-6-12(10)16/h3-6,11,16H,2,7-9H2,1H3,(H,15,17). The van der Waals surface area contributed by atoms with Crippen LogP contribution in [-0.2, 0) is 11.2 Å². The molecule has 3 nitrogen and oxygen atoms in total. The molecule has 0 bridgehead atoms. The zero-order valence-electron chi connectivity index (χ0n) is 9.95. The maximum atomic E-state index is 11.6. The molecule has 1 atom stereocenters. The van der Waals surface area contributed by atoms with E-state index in [1.807, 2.05) is 6.92 Å². The van der Waals surface area contributed by atoms with Crippen LogP contribution in [-0.4, -0.2) is 22.9 Å². The van der Waals surface area contributed by atoms with E-state index in [2.05, 4.69) is 5.32 Å². The van der Waals surface area contributed by atoms with Crippen molar-refractivity contribution in [1.29, 1.82) is 0 Å². The molecule has 1 amide bonds. The second-order valence-corrected chi connectivity index (χ2v) is 4.57. The van der Waals surface area contributed by atoms with Gasteiger partial charge in [-0.05, 0) is 18.9 Å². The summed E-state index contributed by atoms with van der Waals surface area (Å²) in [6, 6.07) is 6.85. The highest BCUT2D eigenvalue weighted by atomic mass is 35.5. The van der Waals surface area contributed by atoms with E-state index in [1.165, 1.54) is 0 Å². The Morgan fingerprint density at radius 1 is 1.47 bits per heavy atom. The van der Waals surface area contributed by atoms with Gasteiger partial charge in [-0.2, -0.15) is 0 Å². The number of carbonyl (C=O) groups excluding carboxylic acids is 1. The smallest absolute Gasteiger partial charge is 0.224 e. The van der Waals surface area contributed by atoms with Crippen molar-refractivity contribution in [1.82, 2.24) is 5.32 Å². The maximum Gasteiger partial charge on any atom is 0.224 e. The van der Waals surface area contributed by atoms with E-state index in [-0.39, 0.29) is 23.5 Å². The monoisotopic (exact) mass is 255 g/mol. The van der Waals surface area contributed by atoms with Crippen molar-refractivity contribution in [2.45, 2.75) is 31.6 Å². The van der Waals surface area contributed by atoms with Crippen molar-refractivity contribution in [3.8, 4) is 5.75 Å². The Labute approximate surface area is 107 Å². The van der Waals surface area contributed by atoms with Gasteiger partial charge in [0.1, 0.15) is 5.75 Å². The fraction of sp³-hybridized carbons (Fsp3) is 0.462. The van der Waals surface area contributed by atoms with Crippen molar-refractivity contribution < 1.29 is 9.90 Å². The van der Waals surface area contributed by atoms with Crippen molar-refractivity contribution in [2.24, 2.45) is 0 Å². The Hall–Kier alpha value is -1.22. The summed E-state index contributed by atoms with van der Waals surface area (Å²) in [6.07, 6.45) is 1.87. The summed E-state index contributed by atoms with van der Waals surface area (Å²) >= 11 is 5.94. The second-order valence-electron chi connectivity index (χ2n) is 3.95. The van der Waals surface area contributed by atoms with Crippen LogP contribution in [0, 0.1) is 0 Å². The van der Waals surface area contributed by atoms with Crippen LogP contribution in [0.2, 0.25) is 0 Å². The molecule has 2 N–H and O–H groups in total. The highest BCUT2D eigenvalue weighted by Crippen LogP contribution is 2.15. The predicted molar refractivity (Wildman–Crippen MR) is 69.4 cm³/mol. The van der Waals surface area contributed by atoms with E-state index >= 15 is 0 Å². The Morgan fingerprint density at radius 3 is 2.82 bits per heavy atom. The van der Waals surface area contributed by atoms with Crippen molar-refractivity contribution in [3.63, 3.8) is 0 Å². The summed E-state index contributed by atoms with van der Waals surface area (Å²) in [6.45, 7) is 2.59. The number of phenols is 1. The molecule has 94 valence electrons. The topological polar surface area (TPSA) is 49.3 Å². The van der Waals surface area contributed by atoms with Gasteiger partial charge < -0.3 is 10.4 Å². The number of hydrogen-bond acceptors (Lipinski definition) is 2. The molecular weight excluding hydrogens is 238 g/mol. The molecule has 0 spiro atoms. The molecule has 0 fully saturated rings. The molecular formula is C13H18ClNO2. The third-order valence-electron chi connectivity index (χ3n) is 2.57. The Bertz CT molecular complexity index is 368. The zero-order chi connectivity index (χ0) is 12.7. The molecule has 1 unspecified atom stereocenters. The lowest BCUT2D eigenvalue weighted by Gasteiger charge is -2.08. The molecule has 0 saturated carbocycles. The number of alkyl halides is 1. The molecule has 0 saturated heterocycles. The van der Waals surface area contributed by atoms with Crippen LogP contribution in [0.15, 0.2) is 24.3 Å². The Morgan fingerprint density at radius 2 is 2.18 bits per heavy atom. The number of carbonyl (C=O) groups is 1. The van der Waals surface area contributed by atoms with Crippen LogP contribution in [0.3, 0.4) is 0 Å². The highest BCUT2D eigenvalue weighted by Gasteiger charge is 2.07. The Balaban J connectivity index is 2.33. The van der Waals surface area contributed by atoms with Crippen LogP contribution >= 0.6 is 11.6 Å². The summed E-state index contributed by atoms with van der Waals surface area (Å²) in [5.74, 6) is 0.0675. The van der Waals surface area contributed by atoms with Crippen molar-refractivity contribution >= 4 is 17.5 Å². The van der Waals surface area contributed by atoms with E-state index < -0.39 is 0 Å². The average molecular weight is 256 g/mol. The first-order valence-electron chi connectivity index (χ1n) is 5.81. The third kappa shape index (κ3) is 5.09. The van der Waals surface area contributed by atoms with Gasteiger partial charge in [-0.15, -0.1) is 11.6 Å². The summed E-state index contributed by atoms with van der Waals surface area (Å²) in [5.41, 5.74) is 0.642. The maximum absolute atomic E-state index is 11.6. The minimum absolute atomic E-state index is 0.0912. The number of hydrogen-bond donors (Lipinski definition) is 2. The molecule has 1 aromatic carbocycles. The number of benzene rings is 1. The van der Waals surface area contributed by atoms with Crippen LogP contribution in [0.25, 0.3) is 0 Å². The van der Waals surface area contributed by atoms with Crippen LogP contribution in [0.5, 0.6) is 5.75 Å². The second kappa shape index (κ2) is 7.17. The van der Waals surface area contributed by atoms with Crippen molar-refractivity contribution in [3.05, 3.63) is 29.8 Å². The van der Waals surface area contributed by atoms with Gasteiger partial charge in [0.05, 0.1) is 6.42 Å². The summed E-state index contributed by atoms with van der Waals surface area (Å²) in [7, 11) is 0. The SMILES string of the molecule is CCC(Cl)CCNC(=O)Cc1ccccc1O. The Kier molecular flexibility index (Phi) is 5.84. The quantitative estimate of drug-likeness (QED) is 0.768. The highest BCUT2D eigenvalue weighted by molar-refractivity contribution is 6.20. The number of nitrogens with one attached hydrogen (secondary N) is 1. The van der Waals surface area contributed by atoms with E-state index in [0.29, 0.717) is 12.1 Å². The zero-order valence-corrected chi connectivity index (χ0v) is 10.7. The molecule has 1 rings (SSSR count). The third-order valence-corrected chi connectivity index (χ3v) is 3.09. The van der Waals surface area contributed by atoms with Gasteiger partial charge in [0.15, 0.2) is 0 Å². The van der Waals surface area contributed by atoms with E-state index in [0.717, 1.165) is 12.8 Å². The normalized spacial score (nSPS) is 12.1. The lowest BCUT2D eigenvalue weighted by molar-refractivity contribution is -0.120. The minimum atomic E-state index is -0.0912. The number of halogens is 1. The molecule has 1 aromatic rings. The fourth-order valence-corrected chi connectivity index (χ4v) is 1.58. The lowest BCUT2D eigenvalue weighted by Crippen LogP contribution is -2.27. The fourth-order valence-electron chi connectivity index (χ4n) is 1.47. The van der Waals surface area contributed by atoms with E-state index in [9.17, 15) is 9.90 Å². The van der Waals surface area contributed by atoms with Crippen LogP contribution in [0.1, 0.15) is 25.3 Å². The van der Waals surface area contributed by atoms with Crippen LogP contribution < -0.4 is 5.32 Å². The van der Waals surface area contributed by atoms with Gasteiger partial charge in [-0.1, -0.05) is 25.1 Å². The van der Waals surface area contributed by atoms with Gasteiger partial charge >= 0.3 is 0 Å². The van der Waals surface area contributed by atoms with E-state index in [4.69, 9.17) is 11.6 Å². The number of phenolic OH excluding ortho intramolecular Hbond substituents is 1. The molecule has 0 aliphatic rings. The predicted octanol–water partition coefficient (Wildman–Crippen LogP) is 2.46. The summed E-state index contributed by atoms with van der Waals surface area (Å²) < 4.78 is 0. The minimum Gasteiger partial charge on any atom is -0.508 e. The van der Waals surface area contributed by atoms with Gasteiger partial charge in [0, 0.05) is 17.5 Å². The molecule has 0 aliphatic carbocycles. The molecule has 0 aliphatic heterocycles. The molecule has 4 heteroatoms. The van der Waals surface area contributed by atoms with E-state index in [1.54, 1.807) is 24.3 Å². The van der Waals surface area contributed by atoms with Gasteiger partial charge in [-0.3, -0.25) is 4.79 Å². The number of amides is 1. The molecule has 0 radical (unpaired) electrons. The summed E-state index contributed by atoms with van der Waals surface area (Å²) in [4.78, 5) is 11.6. The first-order valence-corrected chi connectivity index (χ1v) is 6.24. The van der Waals surface area contributed by atoms with Gasteiger partial charge in [-0.25, -0.2) is 0 Å². The summed E-state index contributed by atoms with van der Waals surface area (Å²) in [5, 5.41) is 12.4. The lowest BCUT2D eigenvalue weighted by atomic mass is 10.1. The van der Waals surface area contributed by atoms with Crippen molar-refractivity contribution in [2.75, 3.05) is 6.54 Å². The number of rotatable bonds is 6. The largest absolute Gasteiger partial charge is 0.508 e.